The van der Waals surface area contributed by atoms with Gasteiger partial charge in [0, 0.05) is 22.0 Å². The third-order valence-corrected chi connectivity index (χ3v) is 6.03. The van der Waals surface area contributed by atoms with Gasteiger partial charge in [0.15, 0.2) is 5.11 Å². The molecule has 0 unspecified atom stereocenters. The number of nitrogens with one attached hydrogen (secondary N) is 3. The van der Waals surface area contributed by atoms with E-state index in [2.05, 4.69) is 15.4 Å². The molecule has 3 aromatic carbocycles. The van der Waals surface area contributed by atoms with Crippen LogP contribution in [-0.4, -0.2) is 26.0 Å². The van der Waals surface area contributed by atoms with Gasteiger partial charge in [0.1, 0.15) is 5.75 Å². The lowest BCUT2D eigenvalue weighted by molar-refractivity contribution is 0.0977. The fraction of sp³-hybridized carbons (Fsp3) is 0.0909. The Labute approximate surface area is 196 Å². The molecule has 1 amide bonds. The summed E-state index contributed by atoms with van der Waals surface area (Å²) >= 11 is 11.0. The Morgan fingerprint density at radius 1 is 0.938 bits per heavy atom. The smallest absolute Gasteiger partial charge is 0.261 e. The zero-order chi connectivity index (χ0) is 23.1. The molecule has 3 aromatic rings. The number of hydrogen-bond acceptors (Lipinski definition) is 5. The number of hydrogen-bond donors (Lipinski definition) is 3. The molecular formula is C22H20ClN3O4S2. The van der Waals surface area contributed by atoms with Crippen LogP contribution in [0.25, 0.3) is 0 Å². The number of anilines is 2. The maximum atomic E-state index is 12.6. The van der Waals surface area contributed by atoms with Crippen LogP contribution in [0.3, 0.4) is 0 Å². The zero-order valence-corrected chi connectivity index (χ0v) is 19.4. The first-order valence-corrected chi connectivity index (χ1v) is 11.8. The van der Waals surface area contributed by atoms with Crippen LogP contribution in [0.15, 0.2) is 77.7 Å². The molecular weight excluding hydrogens is 470 g/mol. The van der Waals surface area contributed by atoms with Gasteiger partial charge < -0.3 is 10.1 Å². The van der Waals surface area contributed by atoms with E-state index in [4.69, 9.17) is 28.6 Å². The van der Waals surface area contributed by atoms with E-state index in [1.165, 1.54) is 12.1 Å². The van der Waals surface area contributed by atoms with E-state index in [-0.39, 0.29) is 10.0 Å². The highest BCUT2D eigenvalue weighted by atomic mass is 35.5. The Hall–Kier alpha value is -3.14. The molecule has 0 aliphatic carbocycles. The second-order valence-corrected chi connectivity index (χ2v) is 9.03. The third-order valence-electron chi connectivity index (χ3n) is 4.17. The van der Waals surface area contributed by atoms with Crippen molar-refractivity contribution in [3.05, 3.63) is 83.4 Å². The van der Waals surface area contributed by atoms with E-state index in [1.54, 1.807) is 60.7 Å². The maximum absolute atomic E-state index is 12.6. The van der Waals surface area contributed by atoms with Crippen molar-refractivity contribution in [3.63, 3.8) is 0 Å². The van der Waals surface area contributed by atoms with Crippen molar-refractivity contribution in [2.75, 3.05) is 16.6 Å². The predicted octanol–water partition coefficient (Wildman–Crippen LogP) is 4.67. The molecule has 166 valence electrons. The number of amides is 1. The van der Waals surface area contributed by atoms with E-state index in [9.17, 15) is 13.2 Å². The summed E-state index contributed by atoms with van der Waals surface area (Å²) in [5.74, 6) is 0.267. The third kappa shape index (κ3) is 6.43. The van der Waals surface area contributed by atoms with Crippen LogP contribution in [0.4, 0.5) is 11.4 Å². The molecule has 3 N–H and O–H groups in total. The first-order chi connectivity index (χ1) is 15.3. The van der Waals surface area contributed by atoms with Crippen LogP contribution in [0, 0.1) is 0 Å². The first-order valence-electron chi connectivity index (χ1n) is 9.50. The standard InChI is InChI=1S/C22H20ClN3O4S2/c1-2-30-19-11-7-18(8-12-19)26-32(28,29)20-13-9-17(10-14-20)24-22(31)25-21(27)15-3-5-16(23)6-4-15/h3-14,26H,2H2,1H3,(H2,24,25,27,31). The lowest BCUT2D eigenvalue weighted by Gasteiger charge is -2.12. The molecule has 0 saturated heterocycles. The predicted molar refractivity (Wildman–Crippen MR) is 130 cm³/mol. The summed E-state index contributed by atoms with van der Waals surface area (Å²) in [6.07, 6.45) is 0. The minimum Gasteiger partial charge on any atom is -0.494 e. The molecule has 0 bridgehead atoms. The number of ether oxygens (including phenoxy) is 1. The number of rotatable bonds is 7. The Kier molecular flexibility index (Phi) is 7.68. The molecule has 0 saturated carbocycles. The quantitative estimate of drug-likeness (QED) is 0.417. The zero-order valence-electron chi connectivity index (χ0n) is 17.0. The number of thiocarbonyl (C=S) groups is 1. The number of carbonyl (C=O) groups excluding carboxylic acids is 1. The van der Waals surface area contributed by atoms with Crippen molar-refractivity contribution < 1.29 is 17.9 Å². The molecule has 0 atom stereocenters. The number of halogens is 1. The van der Waals surface area contributed by atoms with E-state index in [0.717, 1.165) is 0 Å². The van der Waals surface area contributed by atoms with Crippen molar-refractivity contribution in [3.8, 4) is 5.75 Å². The topological polar surface area (TPSA) is 96.5 Å². The molecule has 7 nitrogen and oxygen atoms in total. The van der Waals surface area contributed by atoms with Crippen molar-refractivity contribution in [2.24, 2.45) is 0 Å². The Balaban J connectivity index is 1.60. The van der Waals surface area contributed by atoms with E-state index < -0.39 is 15.9 Å². The van der Waals surface area contributed by atoms with Crippen LogP contribution in [-0.2, 0) is 10.0 Å². The van der Waals surface area contributed by atoms with Crippen LogP contribution in [0.5, 0.6) is 5.75 Å². The average molecular weight is 490 g/mol. The van der Waals surface area contributed by atoms with Gasteiger partial charge in [-0.1, -0.05) is 11.6 Å². The monoisotopic (exact) mass is 489 g/mol. The molecule has 0 aromatic heterocycles. The van der Waals surface area contributed by atoms with E-state index in [0.29, 0.717) is 34.3 Å². The van der Waals surface area contributed by atoms with Crippen molar-refractivity contribution in [1.29, 1.82) is 0 Å². The molecule has 0 radical (unpaired) electrons. The van der Waals surface area contributed by atoms with Gasteiger partial charge in [0.2, 0.25) is 0 Å². The lowest BCUT2D eigenvalue weighted by Crippen LogP contribution is -2.34. The molecule has 0 heterocycles. The lowest BCUT2D eigenvalue weighted by atomic mass is 10.2. The highest BCUT2D eigenvalue weighted by Gasteiger charge is 2.15. The number of benzene rings is 3. The fourth-order valence-electron chi connectivity index (χ4n) is 2.66. The van der Waals surface area contributed by atoms with Gasteiger partial charge in [0.05, 0.1) is 11.5 Å². The molecule has 0 fully saturated rings. The maximum Gasteiger partial charge on any atom is 0.261 e. The molecule has 3 rings (SSSR count). The van der Waals surface area contributed by atoms with Gasteiger partial charge in [-0.05, 0) is 91.9 Å². The summed E-state index contributed by atoms with van der Waals surface area (Å²) in [6, 6.07) is 19.0. The minimum absolute atomic E-state index is 0.0769. The van der Waals surface area contributed by atoms with E-state index >= 15 is 0 Å². The average Bonchev–Trinajstić information content (AvgIpc) is 2.76. The fourth-order valence-corrected chi connectivity index (χ4v) is 4.05. The molecule has 0 aliphatic rings. The second-order valence-electron chi connectivity index (χ2n) is 6.50. The molecule has 10 heteroatoms. The summed E-state index contributed by atoms with van der Waals surface area (Å²) < 4.78 is 33.1. The van der Waals surface area contributed by atoms with Crippen molar-refractivity contribution in [2.45, 2.75) is 11.8 Å². The van der Waals surface area contributed by atoms with Crippen LogP contribution in [0.1, 0.15) is 17.3 Å². The van der Waals surface area contributed by atoms with Crippen LogP contribution < -0.4 is 20.1 Å². The van der Waals surface area contributed by atoms with Crippen LogP contribution in [0.2, 0.25) is 5.02 Å². The molecule has 32 heavy (non-hydrogen) atoms. The van der Waals surface area contributed by atoms with E-state index in [1.807, 2.05) is 6.92 Å². The highest BCUT2D eigenvalue weighted by Crippen LogP contribution is 2.21. The summed E-state index contributed by atoms with van der Waals surface area (Å²) in [4.78, 5) is 12.3. The summed E-state index contributed by atoms with van der Waals surface area (Å²) in [7, 11) is -3.77. The van der Waals surface area contributed by atoms with Crippen molar-refractivity contribution in [1.82, 2.24) is 5.32 Å². The van der Waals surface area contributed by atoms with Gasteiger partial charge in [-0.2, -0.15) is 0 Å². The number of sulfonamides is 1. The normalized spacial score (nSPS) is 10.8. The second kappa shape index (κ2) is 10.4. The van der Waals surface area contributed by atoms with Gasteiger partial charge in [-0.15, -0.1) is 0 Å². The highest BCUT2D eigenvalue weighted by molar-refractivity contribution is 7.92. The minimum atomic E-state index is -3.77. The summed E-state index contributed by atoms with van der Waals surface area (Å²) in [6.45, 7) is 2.40. The molecule has 0 aliphatic heterocycles. The summed E-state index contributed by atoms with van der Waals surface area (Å²) in [5.41, 5.74) is 1.34. The first kappa shape index (κ1) is 23.5. The van der Waals surface area contributed by atoms with Gasteiger partial charge in [-0.3, -0.25) is 14.8 Å². The van der Waals surface area contributed by atoms with Crippen LogP contribution >= 0.6 is 23.8 Å². The Morgan fingerprint density at radius 2 is 1.53 bits per heavy atom. The van der Waals surface area contributed by atoms with Gasteiger partial charge >= 0.3 is 0 Å². The summed E-state index contributed by atoms with van der Waals surface area (Å²) in [5, 5.41) is 6.00. The Bertz CT molecular complexity index is 1200. The number of carbonyl (C=O) groups is 1. The Morgan fingerprint density at radius 3 is 2.12 bits per heavy atom. The van der Waals surface area contributed by atoms with Gasteiger partial charge in [-0.25, -0.2) is 8.42 Å². The van der Waals surface area contributed by atoms with Gasteiger partial charge in [0.25, 0.3) is 15.9 Å². The van der Waals surface area contributed by atoms with Crippen molar-refractivity contribution >= 4 is 56.2 Å². The molecule has 0 spiro atoms. The SMILES string of the molecule is CCOc1ccc(NS(=O)(=O)c2ccc(NC(=S)NC(=O)c3ccc(Cl)cc3)cc2)cc1. The largest absolute Gasteiger partial charge is 0.494 e.